The first-order chi connectivity index (χ1) is 10.1. The van der Waals surface area contributed by atoms with Gasteiger partial charge in [0.2, 0.25) is 10.0 Å². The molecule has 1 N–H and O–H groups in total. The minimum Gasteiger partial charge on any atom is -0.496 e. The van der Waals surface area contributed by atoms with E-state index in [1.807, 2.05) is 0 Å². The average Bonchev–Trinajstić information content (AvgIpc) is 2.42. The van der Waals surface area contributed by atoms with Gasteiger partial charge in [-0.1, -0.05) is 0 Å². The summed E-state index contributed by atoms with van der Waals surface area (Å²) in [5, 5.41) is 8.51. The Morgan fingerprint density at radius 2 is 1.86 bits per heavy atom. The van der Waals surface area contributed by atoms with E-state index in [2.05, 4.69) is 0 Å². The Labute approximate surface area is 130 Å². The molecule has 22 heavy (non-hydrogen) atoms. The van der Waals surface area contributed by atoms with E-state index >= 15 is 0 Å². The van der Waals surface area contributed by atoms with Gasteiger partial charge in [-0.15, -0.1) is 0 Å². The highest BCUT2D eigenvalue weighted by molar-refractivity contribution is 7.89. The predicted octanol–water partition coefficient (Wildman–Crippen LogP) is 1.30. The van der Waals surface area contributed by atoms with Gasteiger partial charge in [-0.25, -0.2) is 13.2 Å². The Kier molecular flexibility index (Phi) is 5.92. The van der Waals surface area contributed by atoms with Crippen molar-refractivity contribution < 1.29 is 27.8 Å². The fourth-order valence-corrected chi connectivity index (χ4v) is 3.52. The lowest BCUT2D eigenvalue weighted by molar-refractivity contribution is -0.143. The zero-order valence-corrected chi connectivity index (χ0v) is 14.2. The number of methoxy groups -OCH3 is 1. The van der Waals surface area contributed by atoms with E-state index in [9.17, 15) is 13.2 Å². The monoisotopic (exact) mass is 331 g/mol. The van der Waals surface area contributed by atoms with Gasteiger partial charge in [0.05, 0.1) is 12.0 Å². The minimum atomic E-state index is -3.78. The van der Waals surface area contributed by atoms with E-state index in [0.717, 1.165) is 9.87 Å². The number of carboxylic acid groups (broad SMARTS) is 1. The number of carboxylic acids is 1. The Morgan fingerprint density at radius 3 is 2.36 bits per heavy atom. The third-order valence-electron chi connectivity index (χ3n) is 3.37. The summed E-state index contributed by atoms with van der Waals surface area (Å²) >= 11 is 0. The van der Waals surface area contributed by atoms with E-state index in [-0.39, 0.29) is 11.6 Å². The number of ether oxygens (including phenoxy) is 2. The molecule has 0 aliphatic heterocycles. The summed E-state index contributed by atoms with van der Waals surface area (Å²) in [6.45, 7) is 4.38. The predicted molar refractivity (Wildman–Crippen MR) is 80.6 cm³/mol. The van der Waals surface area contributed by atoms with E-state index in [1.54, 1.807) is 26.8 Å². The fourth-order valence-electron chi connectivity index (χ4n) is 2.10. The van der Waals surface area contributed by atoms with Crippen molar-refractivity contribution in [1.29, 1.82) is 0 Å². The maximum atomic E-state index is 12.6. The van der Waals surface area contributed by atoms with Gasteiger partial charge in [0.1, 0.15) is 19.1 Å². The third-order valence-corrected chi connectivity index (χ3v) is 5.28. The van der Waals surface area contributed by atoms with Crippen LogP contribution in [0.2, 0.25) is 0 Å². The summed E-state index contributed by atoms with van der Waals surface area (Å²) in [7, 11) is -0.902. The molecule has 0 atom stereocenters. The van der Waals surface area contributed by atoms with Crippen LogP contribution in [0, 0.1) is 20.8 Å². The molecule has 0 fully saturated rings. The molecule has 0 radical (unpaired) electrons. The molecular weight excluding hydrogens is 310 g/mol. The first-order valence-electron chi connectivity index (χ1n) is 6.53. The second-order valence-electron chi connectivity index (χ2n) is 4.95. The Morgan fingerprint density at radius 1 is 1.27 bits per heavy atom. The van der Waals surface area contributed by atoms with Gasteiger partial charge in [-0.05, 0) is 43.5 Å². The van der Waals surface area contributed by atoms with Gasteiger partial charge in [0.15, 0.2) is 0 Å². The number of nitrogens with zero attached hydrogens (tertiary/aromatic N) is 1. The smallest absolute Gasteiger partial charge is 0.329 e. The van der Waals surface area contributed by atoms with E-state index in [4.69, 9.17) is 14.6 Å². The molecule has 0 amide bonds. The number of hydrogen-bond acceptors (Lipinski definition) is 5. The third kappa shape index (κ3) is 3.76. The van der Waals surface area contributed by atoms with Gasteiger partial charge in [-0.2, -0.15) is 4.31 Å². The highest BCUT2D eigenvalue weighted by Crippen LogP contribution is 2.31. The SMILES string of the molecule is COc1c(C)cc(S(=O)(=O)N(C)COCC(=O)O)c(C)c1C. The van der Waals surface area contributed by atoms with Crippen LogP contribution in [0.5, 0.6) is 5.75 Å². The van der Waals surface area contributed by atoms with Gasteiger partial charge < -0.3 is 14.6 Å². The van der Waals surface area contributed by atoms with E-state index < -0.39 is 22.6 Å². The first-order valence-corrected chi connectivity index (χ1v) is 7.97. The molecule has 124 valence electrons. The van der Waals surface area contributed by atoms with Crippen molar-refractivity contribution >= 4 is 16.0 Å². The van der Waals surface area contributed by atoms with Crippen LogP contribution in [0.4, 0.5) is 0 Å². The molecule has 1 rings (SSSR count). The summed E-state index contributed by atoms with van der Waals surface area (Å²) in [5.41, 5.74) is 2.05. The molecule has 0 spiro atoms. The lowest BCUT2D eigenvalue weighted by Crippen LogP contribution is -2.31. The molecule has 0 unspecified atom stereocenters. The van der Waals surface area contributed by atoms with Crippen molar-refractivity contribution in [1.82, 2.24) is 4.31 Å². The maximum absolute atomic E-state index is 12.6. The quantitative estimate of drug-likeness (QED) is 0.757. The van der Waals surface area contributed by atoms with Crippen molar-refractivity contribution in [3.05, 3.63) is 22.8 Å². The standard InChI is InChI=1S/C14H21NO6S/c1-9-6-12(10(2)11(3)14(9)20-5)22(18,19)15(4)8-21-7-13(16)17/h6H,7-8H2,1-5H3,(H,16,17). The molecule has 1 aromatic carbocycles. The van der Waals surface area contributed by atoms with Crippen molar-refractivity contribution in [2.24, 2.45) is 0 Å². The average molecular weight is 331 g/mol. The molecule has 0 bridgehead atoms. The summed E-state index contributed by atoms with van der Waals surface area (Å²) < 4.78 is 36.3. The van der Waals surface area contributed by atoms with Crippen molar-refractivity contribution in [3.8, 4) is 5.75 Å². The number of rotatable bonds is 7. The Bertz CT molecular complexity index is 668. The van der Waals surface area contributed by atoms with Crippen LogP contribution in [0.1, 0.15) is 16.7 Å². The Hall–Kier alpha value is -1.64. The second kappa shape index (κ2) is 7.08. The topological polar surface area (TPSA) is 93.1 Å². The van der Waals surface area contributed by atoms with Crippen LogP contribution in [-0.4, -0.2) is 51.3 Å². The summed E-state index contributed by atoms with van der Waals surface area (Å²) in [6, 6.07) is 1.55. The number of benzene rings is 1. The lowest BCUT2D eigenvalue weighted by atomic mass is 10.1. The number of aliphatic carboxylic acids is 1. The molecule has 0 aliphatic rings. The van der Waals surface area contributed by atoms with Gasteiger partial charge in [-0.3, -0.25) is 0 Å². The molecule has 7 nitrogen and oxygen atoms in total. The lowest BCUT2D eigenvalue weighted by Gasteiger charge is -2.21. The maximum Gasteiger partial charge on any atom is 0.329 e. The van der Waals surface area contributed by atoms with Crippen molar-refractivity contribution in [2.75, 3.05) is 27.5 Å². The highest BCUT2D eigenvalue weighted by atomic mass is 32.2. The van der Waals surface area contributed by atoms with Gasteiger partial charge in [0, 0.05) is 7.05 Å². The van der Waals surface area contributed by atoms with Crippen molar-refractivity contribution in [3.63, 3.8) is 0 Å². The van der Waals surface area contributed by atoms with Crippen LogP contribution >= 0.6 is 0 Å². The molecule has 0 heterocycles. The molecule has 1 aromatic rings. The molecule has 0 saturated heterocycles. The molecular formula is C14H21NO6S. The van der Waals surface area contributed by atoms with Crippen LogP contribution in [-0.2, 0) is 19.6 Å². The highest BCUT2D eigenvalue weighted by Gasteiger charge is 2.25. The summed E-state index contributed by atoms with van der Waals surface area (Å²) in [6.07, 6.45) is 0. The molecule has 0 aromatic heterocycles. The van der Waals surface area contributed by atoms with Crippen LogP contribution in [0.25, 0.3) is 0 Å². The van der Waals surface area contributed by atoms with Gasteiger partial charge >= 0.3 is 5.97 Å². The van der Waals surface area contributed by atoms with Crippen LogP contribution in [0.15, 0.2) is 11.0 Å². The number of carbonyl (C=O) groups is 1. The zero-order valence-electron chi connectivity index (χ0n) is 13.3. The number of hydrogen-bond donors (Lipinski definition) is 1. The molecule has 8 heteroatoms. The largest absolute Gasteiger partial charge is 0.496 e. The molecule has 0 aliphatic carbocycles. The normalized spacial score (nSPS) is 11.7. The zero-order chi connectivity index (χ0) is 17.1. The summed E-state index contributed by atoms with van der Waals surface area (Å²) in [4.78, 5) is 10.6. The fraction of sp³-hybridized carbons (Fsp3) is 0.500. The van der Waals surface area contributed by atoms with E-state index in [0.29, 0.717) is 16.9 Å². The van der Waals surface area contributed by atoms with Crippen LogP contribution < -0.4 is 4.74 Å². The summed E-state index contributed by atoms with van der Waals surface area (Å²) in [5.74, 6) is -0.501. The first kappa shape index (κ1) is 18.4. The minimum absolute atomic E-state index is 0.157. The molecule has 0 saturated carbocycles. The van der Waals surface area contributed by atoms with E-state index in [1.165, 1.54) is 14.2 Å². The Balaban J connectivity index is 3.15. The number of sulfonamides is 1. The second-order valence-corrected chi connectivity index (χ2v) is 6.96. The van der Waals surface area contributed by atoms with Gasteiger partial charge in [0.25, 0.3) is 0 Å². The van der Waals surface area contributed by atoms with Crippen LogP contribution in [0.3, 0.4) is 0 Å². The van der Waals surface area contributed by atoms with Crippen molar-refractivity contribution in [2.45, 2.75) is 25.7 Å². The number of aryl methyl sites for hydroxylation is 1.